The number of halogens is 2. The Morgan fingerprint density at radius 1 is 0.778 bits per heavy atom. The number of carbonyl (C=O) groups excluding carboxylic acids is 2. The molecule has 4 nitrogen and oxygen atoms in total. The summed E-state index contributed by atoms with van der Waals surface area (Å²) in [7, 11) is 0. The summed E-state index contributed by atoms with van der Waals surface area (Å²) in [5.41, 5.74) is 0.762. The van der Waals surface area contributed by atoms with Crippen molar-refractivity contribution in [2.24, 2.45) is 0 Å². The number of unbranched alkanes of at least 4 members (excludes halogenated alkanes) is 6. The second-order valence-corrected chi connectivity index (χ2v) is 7.51. The molecule has 0 saturated carbocycles. The Balaban J connectivity index is 2.00. The van der Waals surface area contributed by atoms with E-state index < -0.39 is 0 Å². The van der Waals surface area contributed by atoms with Gasteiger partial charge in [-0.1, -0.05) is 62.2 Å². The predicted molar refractivity (Wildman–Crippen MR) is 109 cm³/mol. The van der Waals surface area contributed by atoms with Crippen LogP contribution in [0.3, 0.4) is 0 Å². The summed E-state index contributed by atoms with van der Waals surface area (Å²) in [6, 6.07) is 5.07. The van der Waals surface area contributed by atoms with E-state index >= 15 is 0 Å². The molecule has 0 aromatic heterocycles. The standard InChI is InChI=1S/C21H30Cl2O4/c1-2-3-4-5-9-12-26-20(24)10-7-6-8-11-21(25)27-16-17-13-18(22)15-19(23)14-17/h13-15H,2-12,16H2,1H3. The molecule has 1 aromatic rings. The van der Waals surface area contributed by atoms with Gasteiger partial charge in [-0.05, 0) is 43.0 Å². The molecular formula is C21H30Cl2O4. The number of ether oxygens (including phenoxy) is 2. The first kappa shape index (κ1) is 23.8. The van der Waals surface area contributed by atoms with Crippen molar-refractivity contribution in [1.82, 2.24) is 0 Å². The first-order chi connectivity index (χ1) is 13.0. The van der Waals surface area contributed by atoms with Crippen molar-refractivity contribution in [3.05, 3.63) is 33.8 Å². The Morgan fingerprint density at radius 3 is 1.96 bits per heavy atom. The minimum Gasteiger partial charge on any atom is -0.466 e. The number of benzene rings is 1. The highest BCUT2D eigenvalue weighted by atomic mass is 35.5. The van der Waals surface area contributed by atoms with Gasteiger partial charge >= 0.3 is 11.9 Å². The molecule has 0 bridgehead atoms. The Kier molecular flexibility index (Phi) is 13.0. The molecule has 0 unspecified atom stereocenters. The average molecular weight is 417 g/mol. The number of hydrogen-bond donors (Lipinski definition) is 0. The summed E-state index contributed by atoms with van der Waals surface area (Å²) in [5, 5.41) is 1.03. The Labute approximate surface area is 172 Å². The molecule has 0 radical (unpaired) electrons. The average Bonchev–Trinajstić information content (AvgIpc) is 2.62. The normalized spacial score (nSPS) is 10.6. The summed E-state index contributed by atoms with van der Waals surface area (Å²) < 4.78 is 10.4. The molecule has 27 heavy (non-hydrogen) atoms. The van der Waals surface area contributed by atoms with Gasteiger partial charge in [-0.2, -0.15) is 0 Å². The highest BCUT2D eigenvalue weighted by molar-refractivity contribution is 6.34. The van der Waals surface area contributed by atoms with E-state index in [0.29, 0.717) is 35.9 Å². The molecule has 0 spiro atoms. The zero-order chi connectivity index (χ0) is 19.9. The molecule has 0 amide bonds. The fourth-order valence-electron chi connectivity index (χ4n) is 2.61. The number of rotatable bonds is 14. The van der Waals surface area contributed by atoms with Crippen LogP contribution in [0.25, 0.3) is 0 Å². The van der Waals surface area contributed by atoms with Gasteiger partial charge in [-0.25, -0.2) is 0 Å². The molecule has 0 fully saturated rings. The number of carbonyl (C=O) groups is 2. The summed E-state index contributed by atoms with van der Waals surface area (Å²) in [6.07, 6.45) is 8.67. The molecule has 0 aliphatic carbocycles. The van der Waals surface area contributed by atoms with E-state index in [-0.39, 0.29) is 18.5 Å². The molecular weight excluding hydrogens is 387 g/mol. The Morgan fingerprint density at radius 2 is 1.33 bits per heavy atom. The van der Waals surface area contributed by atoms with Crippen LogP contribution in [-0.2, 0) is 25.7 Å². The molecule has 0 aliphatic rings. The molecule has 0 atom stereocenters. The van der Waals surface area contributed by atoms with Gasteiger partial charge < -0.3 is 9.47 Å². The first-order valence-electron chi connectivity index (χ1n) is 9.77. The summed E-state index contributed by atoms with van der Waals surface area (Å²) >= 11 is 11.8. The largest absolute Gasteiger partial charge is 0.466 e. The van der Waals surface area contributed by atoms with Crippen molar-refractivity contribution in [1.29, 1.82) is 0 Å². The minimum atomic E-state index is -0.263. The lowest BCUT2D eigenvalue weighted by Crippen LogP contribution is -2.06. The molecule has 1 aromatic carbocycles. The highest BCUT2D eigenvalue weighted by Crippen LogP contribution is 2.19. The van der Waals surface area contributed by atoms with Gasteiger partial charge in [0.2, 0.25) is 0 Å². The molecule has 0 N–H and O–H groups in total. The van der Waals surface area contributed by atoms with Gasteiger partial charge in [0.25, 0.3) is 0 Å². The molecule has 0 heterocycles. The lowest BCUT2D eigenvalue weighted by molar-refractivity contribution is -0.145. The summed E-state index contributed by atoms with van der Waals surface area (Å²) in [5.74, 6) is -0.411. The zero-order valence-corrected chi connectivity index (χ0v) is 17.6. The van der Waals surface area contributed by atoms with Gasteiger partial charge in [-0.15, -0.1) is 0 Å². The van der Waals surface area contributed by atoms with E-state index in [1.807, 2.05) is 0 Å². The molecule has 152 valence electrons. The van der Waals surface area contributed by atoms with E-state index in [1.165, 1.54) is 19.3 Å². The molecule has 1 rings (SSSR count). The van der Waals surface area contributed by atoms with Crippen molar-refractivity contribution in [3.63, 3.8) is 0 Å². The topological polar surface area (TPSA) is 52.6 Å². The van der Waals surface area contributed by atoms with E-state index in [2.05, 4.69) is 6.92 Å². The predicted octanol–water partition coefficient (Wildman–Crippen LogP) is 6.50. The maximum Gasteiger partial charge on any atom is 0.306 e. The van der Waals surface area contributed by atoms with Gasteiger partial charge in [-0.3, -0.25) is 9.59 Å². The Hall–Kier alpha value is -1.26. The summed E-state index contributed by atoms with van der Waals surface area (Å²) in [4.78, 5) is 23.4. The van der Waals surface area contributed by atoms with Gasteiger partial charge in [0.05, 0.1) is 6.61 Å². The van der Waals surface area contributed by atoms with Gasteiger partial charge in [0.1, 0.15) is 6.61 Å². The Bertz CT molecular complexity index is 555. The minimum absolute atomic E-state index is 0.147. The van der Waals surface area contributed by atoms with Crippen molar-refractivity contribution in [3.8, 4) is 0 Å². The second kappa shape index (κ2) is 14.8. The molecule has 0 saturated heterocycles. The van der Waals surface area contributed by atoms with Gasteiger partial charge in [0.15, 0.2) is 0 Å². The van der Waals surface area contributed by atoms with Crippen molar-refractivity contribution >= 4 is 35.1 Å². The lowest BCUT2D eigenvalue weighted by atomic mass is 10.1. The van der Waals surface area contributed by atoms with Crippen LogP contribution in [0.5, 0.6) is 0 Å². The van der Waals surface area contributed by atoms with E-state index in [1.54, 1.807) is 18.2 Å². The van der Waals surface area contributed by atoms with E-state index in [0.717, 1.165) is 31.2 Å². The quantitative estimate of drug-likeness (QED) is 0.256. The fraction of sp³-hybridized carbons (Fsp3) is 0.619. The fourth-order valence-corrected chi connectivity index (χ4v) is 3.18. The monoisotopic (exact) mass is 416 g/mol. The van der Waals surface area contributed by atoms with Crippen molar-refractivity contribution in [2.75, 3.05) is 6.61 Å². The van der Waals surface area contributed by atoms with E-state index in [9.17, 15) is 9.59 Å². The molecule has 6 heteroatoms. The highest BCUT2D eigenvalue weighted by Gasteiger charge is 2.07. The zero-order valence-electron chi connectivity index (χ0n) is 16.1. The SMILES string of the molecule is CCCCCCCOC(=O)CCCCCC(=O)OCc1cc(Cl)cc(Cl)c1. The first-order valence-corrected chi connectivity index (χ1v) is 10.5. The van der Waals surface area contributed by atoms with Crippen LogP contribution in [0.2, 0.25) is 10.0 Å². The van der Waals surface area contributed by atoms with Crippen LogP contribution < -0.4 is 0 Å². The van der Waals surface area contributed by atoms with Crippen molar-refractivity contribution < 1.29 is 19.1 Å². The summed E-state index contributed by atoms with van der Waals surface area (Å²) in [6.45, 7) is 2.85. The van der Waals surface area contributed by atoms with Crippen molar-refractivity contribution in [2.45, 2.75) is 77.7 Å². The van der Waals surface area contributed by atoms with Crippen LogP contribution in [0.4, 0.5) is 0 Å². The van der Waals surface area contributed by atoms with Gasteiger partial charge in [0, 0.05) is 22.9 Å². The van der Waals surface area contributed by atoms with Crippen LogP contribution >= 0.6 is 23.2 Å². The lowest BCUT2D eigenvalue weighted by Gasteiger charge is -2.06. The third kappa shape index (κ3) is 12.7. The maximum absolute atomic E-state index is 11.8. The smallest absolute Gasteiger partial charge is 0.306 e. The van der Waals surface area contributed by atoms with E-state index in [4.69, 9.17) is 32.7 Å². The third-order valence-electron chi connectivity index (χ3n) is 4.09. The second-order valence-electron chi connectivity index (χ2n) is 6.63. The number of esters is 2. The van der Waals surface area contributed by atoms with Crippen LogP contribution in [0.1, 0.15) is 76.7 Å². The van der Waals surface area contributed by atoms with Crippen LogP contribution in [-0.4, -0.2) is 18.5 Å². The molecule has 0 aliphatic heterocycles. The maximum atomic E-state index is 11.8. The number of hydrogen-bond acceptors (Lipinski definition) is 4. The third-order valence-corrected chi connectivity index (χ3v) is 4.53. The van der Waals surface area contributed by atoms with Crippen LogP contribution in [0, 0.1) is 0 Å². The van der Waals surface area contributed by atoms with Crippen LogP contribution in [0.15, 0.2) is 18.2 Å².